The number of rotatable bonds is 2. The minimum absolute atomic E-state index is 0.111. The summed E-state index contributed by atoms with van der Waals surface area (Å²) in [4.78, 5) is 1.93. The van der Waals surface area contributed by atoms with Gasteiger partial charge in [0.25, 0.3) is 0 Å². The highest BCUT2D eigenvalue weighted by molar-refractivity contribution is 5.84. The molecule has 0 unspecified atom stereocenters. The van der Waals surface area contributed by atoms with Gasteiger partial charge in [-0.2, -0.15) is 15.8 Å². The lowest BCUT2D eigenvalue weighted by atomic mass is 10.0. The number of benzene rings is 1. The molecule has 0 atom stereocenters. The van der Waals surface area contributed by atoms with Crippen molar-refractivity contribution in [3.63, 3.8) is 0 Å². The van der Waals surface area contributed by atoms with Gasteiger partial charge in [-0.3, -0.25) is 0 Å². The number of hydrogen-bond acceptors (Lipinski definition) is 4. The van der Waals surface area contributed by atoms with Gasteiger partial charge >= 0.3 is 0 Å². The molecule has 0 saturated carbocycles. The van der Waals surface area contributed by atoms with E-state index >= 15 is 0 Å². The second-order valence-electron chi connectivity index (χ2n) is 3.53. The van der Waals surface area contributed by atoms with Gasteiger partial charge < -0.3 is 4.90 Å². The molecule has 0 saturated heterocycles. The van der Waals surface area contributed by atoms with Crippen LogP contribution in [0.15, 0.2) is 29.8 Å². The molecule has 0 aliphatic heterocycles. The molecule has 1 rings (SSSR count). The van der Waals surface area contributed by atoms with Crippen molar-refractivity contribution in [2.24, 2.45) is 0 Å². The topological polar surface area (TPSA) is 74.6 Å². The standard InChI is InChI=1S/C13H10N4/c1-17(2)12-5-3-10(4-6-12)13(9-16)11(7-14)8-15/h3-6H,1-2H3. The monoisotopic (exact) mass is 222 g/mol. The second-order valence-corrected chi connectivity index (χ2v) is 3.53. The van der Waals surface area contributed by atoms with E-state index in [0.717, 1.165) is 5.69 Å². The van der Waals surface area contributed by atoms with Crippen LogP contribution in [0, 0.1) is 34.0 Å². The van der Waals surface area contributed by atoms with Crippen LogP contribution in [0.3, 0.4) is 0 Å². The zero-order chi connectivity index (χ0) is 12.8. The third-order valence-electron chi connectivity index (χ3n) is 2.26. The molecule has 82 valence electrons. The number of nitrogens with zero attached hydrogens (tertiary/aromatic N) is 4. The minimum atomic E-state index is -0.162. The number of anilines is 1. The Bertz CT molecular complexity index is 543. The van der Waals surface area contributed by atoms with Crippen molar-refractivity contribution in [2.75, 3.05) is 19.0 Å². The van der Waals surface area contributed by atoms with Gasteiger partial charge in [0, 0.05) is 19.8 Å². The summed E-state index contributed by atoms with van der Waals surface area (Å²) < 4.78 is 0. The Morgan fingerprint density at radius 3 is 1.82 bits per heavy atom. The van der Waals surface area contributed by atoms with E-state index in [9.17, 15) is 0 Å². The molecule has 0 amide bonds. The van der Waals surface area contributed by atoms with Crippen molar-refractivity contribution >= 4 is 11.3 Å². The maximum atomic E-state index is 8.97. The third kappa shape index (κ3) is 2.62. The average molecular weight is 222 g/mol. The number of allylic oxidation sites excluding steroid dienone is 2. The van der Waals surface area contributed by atoms with Crippen molar-refractivity contribution in [1.29, 1.82) is 15.8 Å². The maximum Gasteiger partial charge on any atom is 0.148 e. The van der Waals surface area contributed by atoms with Crippen LogP contribution in [0.5, 0.6) is 0 Å². The zero-order valence-corrected chi connectivity index (χ0v) is 9.60. The molecule has 0 fully saturated rings. The lowest BCUT2D eigenvalue weighted by molar-refractivity contribution is 1.13. The molecule has 0 aliphatic carbocycles. The van der Waals surface area contributed by atoms with E-state index in [0.29, 0.717) is 5.56 Å². The predicted molar refractivity (Wildman–Crippen MR) is 64.5 cm³/mol. The molecule has 17 heavy (non-hydrogen) atoms. The average Bonchev–Trinajstić information content (AvgIpc) is 2.36. The fraction of sp³-hybridized carbons (Fsp3) is 0.154. The molecular formula is C13H10N4. The highest BCUT2D eigenvalue weighted by Gasteiger charge is 2.08. The number of hydrogen-bond donors (Lipinski definition) is 0. The molecule has 0 aliphatic rings. The first-order valence-electron chi connectivity index (χ1n) is 4.86. The molecule has 1 aromatic carbocycles. The summed E-state index contributed by atoms with van der Waals surface area (Å²) in [5.41, 5.74) is 1.52. The van der Waals surface area contributed by atoms with Crippen molar-refractivity contribution < 1.29 is 0 Å². The van der Waals surface area contributed by atoms with Gasteiger partial charge in [-0.25, -0.2) is 0 Å². The van der Waals surface area contributed by atoms with Gasteiger partial charge in [-0.15, -0.1) is 0 Å². The van der Waals surface area contributed by atoms with Gasteiger partial charge in [0.15, 0.2) is 0 Å². The molecule has 1 aromatic rings. The summed E-state index contributed by atoms with van der Waals surface area (Å²) in [6.07, 6.45) is 0. The van der Waals surface area contributed by atoms with Crippen LogP contribution in [0.1, 0.15) is 5.56 Å². The van der Waals surface area contributed by atoms with E-state index in [1.54, 1.807) is 24.3 Å². The van der Waals surface area contributed by atoms with Crippen molar-refractivity contribution in [1.82, 2.24) is 0 Å². The van der Waals surface area contributed by atoms with Crippen molar-refractivity contribution in [2.45, 2.75) is 0 Å². The number of nitriles is 3. The first-order valence-corrected chi connectivity index (χ1v) is 4.86. The fourth-order valence-electron chi connectivity index (χ4n) is 1.33. The Hall–Kier alpha value is -2.77. The molecule has 0 aromatic heterocycles. The van der Waals surface area contributed by atoms with Crippen LogP contribution >= 0.6 is 0 Å². The summed E-state index contributed by atoms with van der Waals surface area (Å²) >= 11 is 0. The van der Waals surface area contributed by atoms with E-state index < -0.39 is 0 Å². The molecule has 4 heteroatoms. The zero-order valence-electron chi connectivity index (χ0n) is 9.60. The molecule has 4 nitrogen and oxygen atoms in total. The van der Waals surface area contributed by atoms with Gasteiger partial charge in [0.2, 0.25) is 0 Å². The van der Waals surface area contributed by atoms with Crippen molar-refractivity contribution in [3.8, 4) is 18.2 Å². The maximum absolute atomic E-state index is 8.97. The first-order chi connectivity index (χ1) is 8.13. The lowest BCUT2D eigenvalue weighted by Gasteiger charge is -2.12. The van der Waals surface area contributed by atoms with Gasteiger partial charge in [-0.05, 0) is 17.7 Å². The SMILES string of the molecule is CN(C)c1ccc(C(C#N)=C(C#N)C#N)cc1. The Balaban J connectivity index is 3.27. The van der Waals surface area contributed by atoms with Crippen LogP contribution in [0.2, 0.25) is 0 Å². The first kappa shape index (κ1) is 12.3. The van der Waals surface area contributed by atoms with Crippen LogP contribution < -0.4 is 4.90 Å². The summed E-state index contributed by atoms with van der Waals surface area (Å²) in [6, 6.07) is 12.5. The van der Waals surface area contributed by atoms with E-state index in [2.05, 4.69) is 0 Å². The molecule has 0 heterocycles. The van der Waals surface area contributed by atoms with Gasteiger partial charge in [0.05, 0.1) is 5.57 Å². The van der Waals surface area contributed by atoms with Crippen LogP contribution in [-0.2, 0) is 0 Å². The van der Waals surface area contributed by atoms with Gasteiger partial charge in [-0.1, -0.05) is 12.1 Å². The Morgan fingerprint density at radius 2 is 1.47 bits per heavy atom. The Labute approximate surface area is 100 Å². The summed E-state index contributed by atoms with van der Waals surface area (Å²) in [7, 11) is 3.82. The molecule has 0 bridgehead atoms. The Kier molecular flexibility index (Phi) is 3.87. The highest BCUT2D eigenvalue weighted by atomic mass is 15.1. The van der Waals surface area contributed by atoms with E-state index in [1.165, 1.54) is 0 Å². The van der Waals surface area contributed by atoms with E-state index in [-0.39, 0.29) is 11.1 Å². The molecule has 0 spiro atoms. The summed E-state index contributed by atoms with van der Waals surface area (Å²) in [5, 5.41) is 26.5. The van der Waals surface area contributed by atoms with Crippen LogP contribution in [0.4, 0.5) is 5.69 Å². The lowest BCUT2D eigenvalue weighted by Crippen LogP contribution is -2.08. The van der Waals surface area contributed by atoms with Crippen LogP contribution in [0.25, 0.3) is 5.57 Å². The Morgan fingerprint density at radius 1 is 0.941 bits per heavy atom. The van der Waals surface area contributed by atoms with E-state index in [4.69, 9.17) is 15.8 Å². The highest BCUT2D eigenvalue weighted by Crippen LogP contribution is 2.20. The minimum Gasteiger partial charge on any atom is -0.378 e. The largest absolute Gasteiger partial charge is 0.378 e. The normalized spacial score (nSPS) is 8.41. The smallest absolute Gasteiger partial charge is 0.148 e. The molecule has 0 N–H and O–H groups in total. The fourth-order valence-corrected chi connectivity index (χ4v) is 1.33. The summed E-state index contributed by atoms with van der Waals surface area (Å²) in [6.45, 7) is 0. The van der Waals surface area contributed by atoms with Crippen LogP contribution in [-0.4, -0.2) is 14.1 Å². The van der Waals surface area contributed by atoms with E-state index in [1.807, 2.05) is 37.2 Å². The van der Waals surface area contributed by atoms with Crippen molar-refractivity contribution in [3.05, 3.63) is 35.4 Å². The van der Waals surface area contributed by atoms with Gasteiger partial charge in [0.1, 0.15) is 23.8 Å². The summed E-state index contributed by atoms with van der Waals surface area (Å²) in [5.74, 6) is 0. The second kappa shape index (κ2) is 5.35. The quantitative estimate of drug-likeness (QED) is 0.718. The predicted octanol–water partition coefficient (Wildman–Crippen LogP) is 2.08. The molecule has 0 radical (unpaired) electrons. The third-order valence-corrected chi connectivity index (χ3v) is 2.26. The molecular weight excluding hydrogens is 212 g/mol.